The molecule has 1 atom stereocenters. The van der Waals surface area contributed by atoms with E-state index >= 15 is 0 Å². The molecule has 5 nitrogen and oxygen atoms in total. The van der Waals surface area contributed by atoms with Gasteiger partial charge in [0.05, 0.1) is 0 Å². The third-order valence-corrected chi connectivity index (χ3v) is 4.21. The molecule has 0 radical (unpaired) electrons. The molecule has 2 fully saturated rings. The van der Waals surface area contributed by atoms with Crippen molar-refractivity contribution >= 4 is 27.8 Å². The number of carboxylic acid groups (broad SMARTS) is 1. The van der Waals surface area contributed by atoms with E-state index in [4.69, 9.17) is 5.11 Å². The van der Waals surface area contributed by atoms with E-state index < -0.39 is 12.0 Å². The highest BCUT2D eigenvalue weighted by Crippen LogP contribution is 2.38. The standard InChI is InChI=1S/C13H15BrN2O3/c14-8-6-11(16(7-8)9-3-4-9)12(17)15-5-1-2-10(15)13(18)19/h6-7,9-10H,1-5H2,(H,18,19). The smallest absolute Gasteiger partial charge is 0.326 e. The molecule has 0 aromatic carbocycles. The van der Waals surface area contributed by atoms with E-state index in [1.807, 2.05) is 10.8 Å². The fraction of sp³-hybridized carbons (Fsp3) is 0.538. The topological polar surface area (TPSA) is 62.5 Å². The van der Waals surface area contributed by atoms with E-state index in [2.05, 4.69) is 15.9 Å². The molecule has 0 bridgehead atoms. The number of halogens is 1. The van der Waals surface area contributed by atoms with Gasteiger partial charge in [-0.3, -0.25) is 4.79 Å². The maximum absolute atomic E-state index is 12.5. The van der Waals surface area contributed by atoms with Crippen LogP contribution in [-0.2, 0) is 4.79 Å². The molecule has 0 spiro atoms. The van der Waals surface area contributed by atoms with Gasteiger partial charge >= 0.3 is 5.97 Å². The minimum Gasteiger partial charge on any atom is -0.480 e. The first-order chi connectivity index (χ1) is 9.08. The van der Waals surface area contributed by atoms with Crippen LogP contribution >= 0.6 is 15.9 Å². The van der Waals surface area contributed by atoms with Gasteiger partial charge in [-0.2, -0.15) is 0 Å². The summed E-state index contributed by atoms with van der Waals surface area (Å²) < 4.78 is 2.85. The summed E-state index contributed by atoms with van der Waals surface area (Å²) in [6.45, 7) is 0.531. The van der Waals surface area contributed by atoms with Crippen LogP contribution in [0.3, 0.4) is 0 Å². The summed E-state index contributed by atoms with van der Waals surface area (Å²) in [4.78, 5) is 25.2. The van der Waals surface area contributed by atoms with Crippen LogP contribution in [0.15, 0.2) is 16.7 Å². The fourth-order valence-corrected chi connectivity index (χ4v) is 3.12. The first-order valence-corrected chi connectivity index (χ1v) is 7.28. The van der Waals surface area contributed by atoms with Crippen molar-refractivity contribution in [2.24, 2.45) is 0 Å². The lowest BCUT2D eigenvalue weighted by atomic mass is 10.2. The van der Waals surface area contributed by atoms with Gasteiger partial charge in [-0.1, -0.05) is 0 Å². The molecule has 2 aliphatic rings. The summed E-state index contributed by atoms with van der Waals surface area (Å²) in [7, 11) is 0. The first kappa shape index (κ1) is 12.7. The minimum absolute atomic E-state index is 0.164. The van der Waals surface area contributed by atoms with Gasteiger partial charge in [-0.25, -0.2) is 4.79 Å². The molecule has 1 unspecified atom stereocenters. The molecule has 19 heavy (non-hydrogen) atoms. The molecule has 3 rings (SSSR count). The van der Waals surface area contributed by atoms with Crippen molar-refractivity contribution in [3.8, 4) is 0 Å². The summed E-state index contributed by atoms with van der Waals surface area (Å²) in [5.41, 5.74) is 0.600. The van der Waals surface area contributed by atoms with Gasteiger partial charge in [0.2, 0.25) is 0 Å². The van der Waals surface area contributed by atoms with Crippen LogP contribution in [-0.4, -0.2) is 39.0 Å². The first-order valence-electron chi connectivity index (χ1n) is 6.49. The summed E-state index contributed by atoms with van der Waals surface area (Å²) in [5, 5.41) is 9.17. The van der Waals surface area contributed by atoms with Crippen molar-refractivity contribution in [3.63, 3.8) is 0 Å². The van der Waals surface area contributed by atoms with Crippen molar-refractivity contribution in [3.05, 3.63) is 22.4 Å². The van der Waals surface area contributed by atoms with Crippen molar-refractivity contribution in [1.29, 1.82) is 0 Å². The highest BCUT2D eigenvalue weighted by atomic mass is 79.9. The number of rotatable bonds is 3. The Morgan fingerprint density at radius 2 is 2.05 bits per heavy atom. The maximum atomic E-state index is 12.5. The number of hydrogen-bond acceptors (Lipinski definition) is 2. The zero-order valence-electron chi connectivity index (χ0n) is 10.4. The van der Waals surface area contributed by atoms with E-state index in [-0.39, 0.29) is 5.91 Å². The summed E-state index contributed by atoms with van der Waals surface area (Å²) in [6.07, 6.45) is 5.39. The predicted octanol–water partition coefficient (Wildman–Crippen LogP) is 2.27. The molecule has 2 heterocycles. The molecule has 102 valence electrons. The number of nitrogens with zero attached hydrogens (tertiary/aromatic N) is 2. The molecule has 1 aliphatic heterocycles. The Balaban J connectivity index is 1.89. The van der Waals surface area contributed by atoms with Crippen LogP contribution in [0.2, 0.25) is 0 Å². The summed E-state index contributed by atoms with van der Waals surface area (Å²) in [6, 6.07) is 1.52. The Hall–Kier alpha value is -1.30. The van der Waals surface area contributed by atoms with E-state index in [0.717, 1.165) is 23.7 Å². The second-order valence-corrected chi connectivity index (χ2v) is 6.09. The van der Waals surface area contributed by atoms with Crippen LogP contribution in [0.4, 0.5) is 0 Å². The number of carboxylic acids is 1. The van der Waals surface area contributed by atoms with Crippen molar-refractivity contribution in [2.45, 2.75) is 37.8 Å². The monoisotopic (exact) mass is 326 g/mol. The lowest BCUT2D eigenvalue weighted by Gasteiger charge is -2.22. The number of hydrogen-bond donors (Lipinski definition) is 1. The predicted molar refractivity (Wildman–Crippen MR) is 72.1 cm³/mol. The number of likely N-dealkylation sites (tertiary alicyclic amines) is 1. The lowest BCUT2D eigenvalue weighted by Crippen LogP contribution is -2.41. The Morgan fingerprint density at radius 3 is 2.68 bits per heavy atom. The molecule has 6 heteroatoms. The van der Waals surface area contributed by atoms with Crippen LogP contribution in [0.5, 0.6) is 0 Å². The molecule has 1 saturated carbocycles. The summed E-state index contributed by atoms with van der Waals surface area (Å²) in [5.74, 6) is -1.07. The van der Waals surface area contributed by atoms with Crippen molar-refractivity contribution < 1.29 is 14.7 Å². The Labute approximate surface area is 119 Å². The number of aliphatic carboxylic acids is 1. The highest BCUT2D eigenvalue weighted by Gasteiger charge is 2.37. The Kier molecular flexibility index (Phi) is 3.12. The molecule has 1 N–H and O–H groups in total. The van der Waals surface area contributed by atoms with E-state index in [0.29, 0.717) is 24.7 Å². The van der Waals surface area contributed by atoms with Gasteiger partial charge in [0.25, 0.3) is 5.91 Å². The van der Waals surface area contributed by atoms with Crippen molar-refractivity contribution in [2.75, 3.05) is 6.54 Å². The number of carbonyl (C=O) groups is 2. The van der Waals surface area contributed by atoms with Gasteiger partial charge in [0.15, 0.2) is 0 Å². The van der Waals surface area contributed by atoms with Gasteiger partial charge < -0.3 is 14.6 Å². The Bertz CT molecular complexity index is 536. The molecule has 1 aromatic heterocycles. The van der Waals surface area contributed by atoms with E-state index in [1.54, 1.807) is 6.07 Å². The second kappa shape index (κ2) is 4.67. The molecule has 1 amide bonds. The number of amides is 1. The second-order valence-electron chi connectivity index (χ2n) is 5.18. The van der Waals surface area contributed by atoms with Gasteiger partial charge in [-0.05, 0) is 47.7 Å². The van der Waals surface area contributed by atoms with Gasteiger partial charge in [0, 0.05) is 23.3 Å². The number of aromatic nitrogens is 1. The van der Waals surface area contributed by atoms with Crippen LogP contribution in [0, 0.1) is 0 Å². The average Bonchev–Trinajstić information content (AvgIpc) is 2.95. The molecular formula is C13H15BrN2O3. The molecular weight excluding hydrogens is 312 g/mol. The minimum atomic E-state index is -0.908. The average molecular weight is 327 g/mol. The van der Waals surface area contributed by atoms with Gasteiger partial charge in [0.1, 0.15) is 11.7 Å². The zero-order valence-corrected chi connectivity index (χ0v) is 12.0. The largest absolute Gasteiger partial charge is 0.480 e. The van der Waals surface area contributed by atoms with Crippen LogP contribution in [0.25, 0.3) is 0 Å². The zero-order chi connectivity index (χ0) is 13.6. The molecule has 1 aromatic rings. The molecule has 1 aliphatic carbocycles. The highest BCUT2D eigenvalue weighted by molar-refractivity contribution is 9.10. The third kappa shape index (κ3) is 2.29. The van der Waals surface area contributed by atoms with E-state index in [9.17, 15) is 9.59 Å². The van der Waals surface area contributed by atoms with E-state index in [1.165, 1.54) is 4.90 Å². The third-order valence-electron chi connectivity index (χ3n) is 3.77. The van der Waals surface area contributed by atoms with Crippen LogP contribution in [0.1, 0.15) is 42.2 Å². The summed E-state index contributed by atoms with van der Waals surface area (Å²) >= 11 is 3.39. The van der Waals surface area contributed by atoms with Gasteiger partial charge in [-0.15, -0.1) is 0 Å². The van der Waals surface area contributed by atoms with Crippen molar-refractivity contribution in [1.82, 2.24) is 9.47 Å². The Morgan fingerprint density at radius 1 is 1.32 bits per heavy atom. The normalized spacial score (nSPS) is 22.8. The quantitative estimate of drug-likeness (QED) is 0.926. The fourth-order valence-electron chi connectivity index (χ4n) is 2.69. The molecule has 1 saturated heterocycles. The lowest BCUT2D eigenvalue weighted by molar-refractivity contribution is -0.141. The number of carbonyl (C=O) groups excluding carboxylic acids is 1. The SMILES string of the molecule is O=C(O)C1CCCN1C(=O)c1cc(Br)cn1C1CC1. The maximum Gasteiger partial charge on any atom is 0.326 e. The van der Waals surface area contributed by atoms with Crippen LogP contribution < -0.4 is 0 Å².